The van der Waals surface area contributed by atoms with E-state index in [0.29, 0.717) is 18.7 Å². The van der Waals surface area contributed by atoms with Gasteiger partial charge in [0, 0.05) is 32.4 Å². The Morgan fingerprint density at radius 2 is 2.05 bits per heavy atom. The fourth-order valence-corrected chi connectivity index (χ4v) is 2.42. The summed E-state index contributed by atoms with van der Waals surface area (Å²) in [6.07, 6.45) is 2.16. The van der Waals surface area contributed by atoms with Gasteiger partial charge in [-0.2, -0.15) is 0 Å². The van der Waals surface area contributed by atoms with Gasteiger partial charge in [0.05, 0.1) is 11.0 Å². The van der Waals surface area contributed by atoms with Gasteiger partial charge in [0.1, 0.15) is 0 Å². The second-order valence-electron chi connectivity index (χ2n) is 6.13. The second-order valence-corrected chi connectivity index (χ2v) is 6.13. The van der Waals surface area contributed by atoms with Crippen LogP contribution in [0.1, 0.15) is 31.7 Å². The molecule has 1 amide bonds. The summed E-state index contributed by atoms with van der Waals surface area (Å²) in [6.45, 7) is 2.40. The van der Waals surface area contributed by atoms with E-state index in [1.807, 2.05) is 24.3 Å². The zero-order valence-electron chi connectivity index (χ0n) is 12.7. The summed E-state index contributed by atoms with van der Waals surface area (Å²) in [7, 11) is 1.59. The van der Waals surface area contributed by atoms with Gasteiger partial charge in [-0.25, -0.2) is 0 Å². The molecule has 1 aliphatic rings. The highest BCUT2D eigenvalue weighted by Crippen LogP contribution is 2.48. The van der Waals surface area contributed by atoms with Crippen molar-refractivity contribution in [1.29, 1.82) is 0 Å². The SMILES string of the molecule is COCCC(C)(O)CNC(=O)C1(c2ccc(N)cc2)CC1. The number of aliphatic hydroxyl groups is 1. The van der Waals surface area contributed by atoms with E-state index >= 15 is 0 Å². The smallest absolute Gasteiger partial charge is 0.230 e. The third-order valence-electron chi connectivity index (χ3n) is 4.12. The van der Waals surface area contributed by atoms with Crippen molar-refractivity contribution in [2.45, 2.75) is 37.2 Å². The number of ether oxygens (including phenoxy) is 1. The number of nitrogens with one attached hydrogen (secondary N) is 1. The highest BCUT2D eigenvalue weighted by atomic mass is 16.5. The predicted octanol–water partition coefficient (Wildman–Crippen LogP) is 1.20. The van der Waals surface area contributed by atoms with Crippen LogP contribution in [0.3, 0.4) is 0 Å². The van der Waals surface area contributed by atoms with Crippen LogP contribution in [0.4, 0.5) is 5.69 Å². The molecule has 0 bridgehead atoms. The van der Waals surface area contributed by atoms with Gasteiger partial charge < -0.3 is 20.9 Å². The first kappa shape index (κ1) is 15.8. The molecule has 1 saturated carbocycles. The van der Waals surface area contributed by atoms with E-state index in [2.05, 4.69) is 5.32 Å². The van der Waals surface area contributed by atoms with E-state index in [1.165, 1.54) is 0 Å². The first-order chi connectivity index (χ1) is 9.89. The maximum atomic E-state index is 12.4. The Balaban J connectivity index is 1.95. The number of nitrogen functional groups attached to an aromatic ring is 1. The maximum Gasteiger partial charge on any atom is 0.230 e. The maximum absolute atomic E-state index is 12.4. The van der Waals surface area contributed by atoms with Crippen LogP contribution in [0.2, 0.25) is 0 Å². The van der Waals surface area contributed by atoms with Crippen molar-refractivity contribution in [2.24, 2.45) is 0 Å². The molecule has 5 heteroatoms. The summed E-state index contributed by atoms with van der Waals surface area (Å²) in [5.74, 6) is -0.0232. The van der Waals surface area contributed by atoms with Gasteiger partial charge in [-0.05, 0) is 37.5 Å². The number of hydrogen-bond acceptors (Lipinski definition) is 4. The average molecular weight is 292 g/mol. The molecular formula is C16H24N2O3. The monoisotopic (exact) mass is 292 g/mol. The Kier molecular flexibility index (Phi) is 4.54. The van der Waals surface area contributed by atoms with Crippen LogP contribution in [0.15, 0.2) is 24.3 Å². The van der Waals surface area contributed by atoms with Crippen LogP contribution < -0.4 is 11.1 Å². The molecule has 5 nitrogen and oxygen atoms in total. The van der Waals surface area contributed by atoms with Gasteiger partial charge >= 0.3 is 0 Å². The van der Waals surface area contributed by atoms with E-state index in [1.54, 1.807) is 14.0 Å². The summed E-state index contributed by atoms with van der Waals surface area (Å²) >= 11 is 0. The highest BCUT2D eigenvalue weighted by Gasteiger charge is 2.51. The first-order valence-corrected chi connectivity index (χ1v) is 7.25. The highest BCUT2D eigenvalue weighted by molar-refractivity contribution is 5.91. The Bertz CT molecular complexity index is 493. The number of amides is 1. The van der Waals surface area contributed by atoms with E-state index in [0.717, 1.165) is 18.4 Å². The Hall–Kier alpha value is -1.59. The number of carbonyl (C=O) groups is 1. The number of anilines is 1. The fraction of sp³-hybridized carbons (Fsp3) is 0.562. The van der Waals surface area contributed by atoms with Crippen LogP contribution in [0.5, 0.6) is 0 Å². The molecule has 0 aromatic heterocycles. The van der Waals surface area contributed by atoms with Gasteiger partial charge in [0.25, 0.3) is 0 Å². The lowest BCUT2D eigenvalue weighted by Gasteiger charge is -2.25. The Morgan fingerprint density at radius 1 is 1.43 bits per heavy atom. The first-order valence-electron chi connectivity index (χ1n) is 7.25. The number of hydrogen-bond donors (Lipinski definition) is 3. The molecule has 0 radical (unpaired) electrons. The minimum Gasteiger partial charge on any atom is -0.399 e. The molecule has 4 N–H and O–H groups in total. The molecule has 1 atom stereocenters. The summed E-state index contributed by atoms with van der Waals surface area (Å²) in [5.41, 5.74) is 5.97. The number of benzene rings is 1. The van der Waals surface area contributed by atoms with Crippen LogP contribution >= 0.6 is 0 Å². The van der Waals surface area contributed by atoms with Crippen LogP contribution in [0.25, 0.3) is 0 Å². The largest absolute Gasteiger partial charge is 0.399 e. The molecule has 21 heavy (non-hydrogen) atoms. The molecule has 1 aromatic carbocycles. The molecule has 0 saturated heterocycles. The van der Waals surface area contributed by atoms with Crippen molar-refractivity contribution in [3.05, 3.63) is 29.8 Å². The molecule has 116 valence electrons. The van der Waals surface area contributed by atoms with E-state index in [-0.39, 0.29) is 12.5 Å². The van der Waals surface area contributed by atoms with Gasteiger partial charge in [0.2, 0.25) is 5.91 Å². The van der Waals surface area contributed by atoms with Crippen LogP contribution in [-0.2, 0) is 14.9 Å². The van der Waals surface area contributed by atoms with Gasteiger partial charge in [-0.15, -0.1) is 0 Å². The molecule has 0 heterocycles. The molecule has 0 aliphatic heterocycles. The number of carbonyl (C=O) groups excluding carboxylic acids is 1. The molecule has 1 unspecified atom stereocenters. The summed E-state index contributed by atoms with van der Waals surface area (Å²) in [5, 5.41) is 13.0. The van der Waals surface area contributed by atoms with Crippen molar-refractivity contribution < 1.29 is 14.6 Å². The standard InChI is InChI=1S/C16H24N2O3/c1-15(20,9-10-21-2)11-18-14(19)16(7-8-16)12-3-5-13(17)6-4-12/h3-6,20H,7-11,17H2,1-2H3,(H,18,19). The average Bonchev–Trinajstić information content (AvgIpc) is 3.25. The number of nitrogens with two attached hydrogens (primary N) is 1. The predicted molar refractivity (Wildman–Crippen MR) is 81.9 cm³/mol. The van der Waals surface area contributed by atoms with Crippen molar-refractivity contribution in [3.63, 3.8) is 0 Å². The zero-order valence-corrected chi connectivity index (χ0v) is 12.7. The third-order valence-corrected chi connectivity index (χ3v) is 4.12. The van der Waals surface area contributed by atoms with Crippen molar-refractivity contribution in [2.75, 3.05) is 26.0 Å². The van der Waals surface area contributed by atoms with E-state index < -0.39 is 11.0 Å². The topological polar surface area (TPSA) is 84.6 Å². The summed E-state index contributed by atoms with van der Waals surface area (Å²) < 4.78 is 4.96. The van der Waals surface area contributed by atoms with Crippen molar-refractivity contribution >= 4 is 11.6 Å². The normalized spacial score (nSPS) is 18.8. The Morgan fingerprint density at radius 3 is 2.57 bits per heavy atom. The lowest BCUT2D eigenvalue weighted by atomic mass is 9.94. The van der Waals surface area contributed by atoms with E-state index in [4.69, 9.17) is 10.5 Å². The second kappa shape index (κ2) is 6.03. The zero-order chi connectivity index (χ0) is 15.5. The van der Waals surface area contributed by atoms with Crippen LogP contribution in [-0.4, -0.2) is 36.9 Å². The molecule has 1 aliphatic carbocycles. The Labute approximate surface area is 125 Å². The molecule has 2 rings (SSSR count). The van der Waals surface area contributed by atoms with Crippen molar-refractivity contribution in [3.8, 4) is 0 Å². The minimum atomic E-state index is -0.955. The number of rotatable bonds is 7. The summed E-state index contributed by atoms with van der Waals surface area (Å²) in [6, 6.07) is 7.45. The molecular weight excluding hydrogens is 268 g/mol. The molecule has 1 aromatic rings. The number of methoxy groups -OCH3 is 1. The van der Waals surface area contributed by atoms with Gasteiger partial charge in [0.15, 0.2) is 0 Å². The third kappa shape index (κ3) is 3.74. The van der Waals surface area contributed by atoms with Gasteiger partial charge in [-0.3, -0.25) is 4.79 Å². The quantitative estimate of drug-likeness (QED) is 0.659. The lowest BCUT2D eigenvalue weighted by molar-refractivity contribution is -0.124. The van der Waals surface area contributed by atoms with E-state index in [9.17, 15) is 9.90 Å². The fourth-order valence-electron chi connectivity index (χ4n) is 2.42. The summed E-state index contributed by atoms with van der Waals surface area (Å²) in [4.78, 5) is 12.4. The minimum absolute atomic E-state index is 0.0232. The van der Waals surface area contributed by atoms with Crippen molar-refractivity contribution in [1.82, 2.24) is 5.32 Å². The van der Waals surface area contributed by atoms with Crippen LogP contribution in [0, 0.1) is 0 Å². The molecule has 0 spiro atoms. The molecule has 1 fully saturated rings. The lowest BCUT2D eigenvalue weighted by Crippen LogP contribution is -2.45. The van der Waals surface area contributed by atoms with Gasteiger partial charge in [-0.1, -0.05) is 12.1 Å².